The topological polar surface area (TPSA) is 38.1 Å². The number of fused-ring (bicyclic) bond motifs is 1. The number of hydrogen-bond acceptors (Lipinski definition) is 3. The highest BCUT2D eigenvalue weighted by Crippen LogP contribution is 2.28. The predicted octanol–water partition coefficient (Wildman–Crippen LogP) is 4.45. The first-order valence-corrected chi connectivity index (χ1v) is 7.63. The Kier molecular flexibility index (Phi) is 3.58. The largest absolute Gasteiger partial charge is 0.280 e. The molecule has 0 spiro atoms. The summed E-state index contributed by atoms with van der Waals surface area (Å²) in [5, 5.41) is -0.143. The second kappa shape index (κ2) is 5.76. The number of benzene rings is 1. The summed E-state index contributed by atoms with van der Waals surface area (Å²) in [6, 6.07) is 9.35. The summed E-state index contributed by atoms with van der Waals surface area (Å²) in [5.41, 5.74) is 3.45. The highest BCUT2D eigenvalue weighted by Gasteiger charge is 2.22. The fourth-order valence-electron chi connectivity index (χ4n) is 2.68. The lowest BCUT2D eigenvalue weighted by molar-refractivity contribution is 0.582. The Bertz CT molecular complexity index is 1030. The molecule has 0 aliphatic carbocycles. The quantitative estimate of drug-likeness (QED) is 0.646. The van der Waals surface area contributed by atoms with Crippen molar-refractivity contribution in [1.29, 1.82) is 0 Å². The number of aliphatic imine (C=N–C) groups is 1. The SMILES string of the molecule is Fc1cc(F)c(C2=NCC=C2c2ccc3ncccc3n2)cc1Cl. The van der Waals surface area contributed by atoms with E-state index in [9.17, 15) is 8.78 Å². The van der Waals surface area contributed by atoms with E-state index >= 15 is 0 Å². The summed E-state index contributed by atoms with van der Waals surface area (Å²) in [6.07, 6.45) is 3.55. The zero-order valence-electron chi connectivity index (χ0n) is 12.3. The van der Waals surface area contributed by atoms with Crippen molar-refractivity contribution >= 4 is 33.9 Å². The van der Waals surface area contributed by atoms with E-state index in [0.29, 0.717) is 23.5 Å². The van der Waals surface area contributed by atoms with Gasteiger partial charge in [0.25, 0.3) is 0 Å². The molecule has 118 valence electrons. The van der Waals surface area contributed by atoms with Gasteiger partial charge in [0, 0.05) is 23.4 Å². The first-order valence-electron chi connectivity index (χ1n) is 7.25. The first-order chi connectivity index (χ1) is 11.6. The molecule has 0 bridgehead atoms. The molecule has 0 saturated heterocycles. The smallest absolute Gasteiger partial charge is 0.144 e. The molecule has 0 unspecified atom stereocenters. The van der Waals surface area contributed by atoms with Crippen LogP contribution in [0.25, 0.3) is 16.6 Å². The van der Waals surface area contributed by atoms with Gasteiger partial charge in [0.2, 0.25) is 0 Å². The third kappa shape index (κ3) is 2.47. The molecule has 1 aliphatic rings. The molecule has 1 aromatic carbocycles. The van der Waals surface area contributed by atoms with Crippen LogP contribution in [0.1, 0.15) is 11.3 Å². The number of rotatable bonds is 2. The molecule has 6 heteroatoms. The lowest BCUT2D eigenvalue weighted by Crippen LogP contribution is -2.07. The van der Waals surface area contributed by atoms with Gasteiger partial charge in [-0.05, 0) is 30.3 Å². The minimum absolute atomic E-state index is 0.143. The summed E-state index contributed by atoms with van der Waals surface area (Å²) in [5.74, 6) is -1.50. The van der Waals surface area contributed by atoms with Crippen molar-refractivity contribution in [1.82, 2.24) is 9.97 Å². The molecule has 3 nitrogen and oxygen atoms in total. The number of hydrogen-bond donors (Lipinski definition) is 0. The van der Waals surface area contributed by atoms with Crippen LogP contribution in [0, 0.1) is 11.6 Å². The summed E-state index contributed by atoms with van der Waals surface area (Å²) >= 11 is 5.80. The maximum absolute atomic E-state index is 14.2. The van der Waals surface area contributed by atoms with E-state index in [-0.39, 0.29) is 10.6 Å². The van der Waals surface area contributed by atoms with Gasteiger partial charge in [0.15, 0.2) is 0 Å². The van der Waals surface area contributed by atoms with Crippen molar-refractivity contribution in [3.8, 4) is 0 Å². The molecular weight excluding hydrogens is 332 g/mol. The third-order valence-corrected chi connectivity index (χ3v) is 4.09. The van der Waals surface area contributed by atoms with E-state index in [2.05, 4.69) is 15.0 Å². The molecule has 3 aromatic rings. The van der Waals surface area contributed by atoms with Crippen molar-refractivity contribution in [3.63, 3.8) is 0 Å². The summed E-state index contributed by atoms with van der Waals surface area (Å²) < 4.78 is 27.6. The van der Waals surface area contributed by atoms with Gasteiger partial charge in [-0.3, -0.25) is 9.98 Å². The van der Waals surface area contributed by atoms with E-state index in [4.69, 9.17) is 11.6 Å². The molecule has 24 heavy (non-hydrogen) atoms. The highest BCUT2D eigenvalue weighted by molar-refractivity contribution is 6.35. The summed E-state index contributed by atoms with van der Waals surface area (Å²) in [6.45, 7) is 0.409. The standard InChI is InChI=1S/C18H10ClF2N3/c19-12-8-11(13(20)9-14(12)21)18-10(5-7-23-18)15-3-4-16-17(24-15)2-1-6-22-16/h1-6,8-9H,7H2. The first kappa shape index (κ1) is 14.9. The van der Waals surface area contributed by atoms with Crippen LogP contribution in [0.2, 0.25) is 5.02 Å². The minimum atomic E-state index is -0.794. The lowest BCUT2D eigenvalue weighted by atomic mass is 9.99. The lowest BCUT2D eigenvalue weighted by Gasteiger charge is -2.10. The van der Waals surface area contributed by atoms with Gasteiger partial charge in [-0.2, -0.15) is 0 Å². The molecule has 0 radical (unpaired) electrons. The zero-order valence-corrected chi connectivity index (χ0v) is 13.1. The number of aromatic nitrogens is 2. The fraction of sp³-hybridized carbons (Fsp3) is 0.0556. The normalized spacial score (nSPS) is 14.0. The minimum Gasteiger partial charge on any atom is -0.280 e. The Morgan fingerprint density at radius 3 is 2.75 bits per heavy atom. The molecule has 0 fully saturated rings. The molecule has 3 heterocycles. The van der Waals surface area contributed by atoms with Crippen LogP contribution in [0.5, 0.6) is 0 Å². The van der Waals surface area contributed by atoms with E-state index in [1.54, 1.807) is 12.3 Å². The zero-order chi connectivity index (χ0) is 16.7. The van der Waals surface area contributed by atoms with Gasteiger partial charge < -0.3 is 0 Å². The van der Waals surface area contributed by atoms with Crippen LogP contribution in [-0.2, 0) is 0 Å². The molecule has 0 saturated carbocycles. The molecule has 2 aromatic heterocycles. The second-order valence-corrected chi connectivity index (χ2v) is 5.70. The van der Waals surface area contributed by atoms with Crippen molar-refractivity contribution in [2.45, 2.75) is 0 Å². The Morgan fingerprint density at radius 1 is 1.00 bits per heavy atom. The number of allylic oxidation sites excluding steroid dienone is 1. The molecule has 0 N–H and O–H groups in total. The average molecular weight is 342 g/mol. The van der Waals surface area contributed by atoms with E-state index < -0.39 is 11.6 Å². The molecule has 0 atom stereocenters. The van der Waals surface area contributed by atoms with Crippen LogP contribution in [-0.4, -0.2) is 22.2 Å². The molecule has 0 amide bonds. The van der Waals surface area contributed by atoms with E-state index in [0.717, 1.165) is 17.1 Å². The average Bonchev–Trinajstić information content (AvgIpc) is 3.07. The van der Waals surface area contributed by atoms with Gasteiger partial charge >= 0.3 is 0 Å². The van der Waals surface area contributed by atoms with Crippen LogP contribution in [0.4, 0.5) is 8.78 Å². The molecule has 1 aliphatic heterocycles. The van der Waals surface area contributed by atoms with Crippen molar-refractivity contribution in [2.75, 3.05) is 6.54 Å². The van der Waals surface area contributed by atoms with E-state index in [1.807, 2.05) is 24.3 Å². The highest BCUT2D eigenvalue weighted by atomic mass is 35.5. The number of pyridine rings is 2. The molecular formula is C18H10ClF2N3. The molecule has 4 rings (SSSR count). The number of nitrogens with zero attached hydrogens (tertiary/aromatic N) is 3. The van der Waals surface area contributed by atoms with Crippen molar-refractivity contribution in [3.05, 3.63) is 76.6 Å². The second-order valence-electron chi connectivity index (χ2n) is 5.29. The summed E-state index contributed by atoms with van der Waals surface area (Å²) in [7, 11) is 0. The monoisotopic (exact) mass is 341 g/mol. The van der Waals surface area contributed by atoms with Crippen molar-refractivity contribution < 1.29 is 8.78 Å². The number of halogens is 3. The van der Waals surface area contributed by atoms with Gasteiger partial charge in [-0.25, -0.2) is 13.8 Å². The Hall–Kier alpha value is -2.66. The van der Waals surface area contributed by atoms with Gasteiger partial charge in [0.1, 0.15) is 11.6 Å². The maximum Gasteiger partial charge on any atom is 0.144 e. The van der Waals surface area contributed by atoms with E-state index in [1.165, 1.54) is 6.07 Å². The van der Waals surface area contributed by atoms with Gasteiger partial charge in [0.05, 0.1) is 34.0 Å². The van der Waals surface area contributed by atoms with Gasteiger partial charge in [-0.1, -0.05) is 17.7 Å². The maximum atomic E-state index is 14.2. The van der Waals surface area contributed by atoms with Crippen LogP contribution in [0.3, 0.4) is 0 Å². The van der Waals surface area contributed by atoms with Crippen LogP contribution >= 0.6 is 11.6 Å². The summed E-state index contributed by atoms with van der Waals surface area (Å²) in [4.78, 5) is 13.1. The van der Waals surface area contributed by atoms with Crippen LogP contribution in [0.15, 0.2) is 53.7 Å². The van der Waals surface area contributed by atoms with Gasteiger partial charge in [-0.15, -0.1) is 0 Å². The van der Waals surface area contributed by atoms with Crippen molar-refractivity contribution in [2.24, 2.45) is 4.99 Å². The Balaban J connectivity index is 1.81. The predicted molar refractivity (Wildman–Crippen MR) is 90.3 cm³/mol. The Morgan fingerprint density at radius 2 is 1.88 bits per heavy atom. The fourth-order valence-corrected chi connectivity index (χ4v) is 2.84. The van der Waals surface area contributed by atoms with Crippen LogP contribution < -0.4 is 0 Å². The third-order valence-electron chi connectivity index (χ3n) is 3.80. The Labute approximate surface area is 141 Å².